The van der Waals surface area contributed by atoms with E-state index >= 15 is 0 Å². The van der Waals surface area contributed by atoms with Crippen molar-refractivity contribution in [2.45, 2.75) is 57.5 Å². The first-order valence-corrected chi connectivity index (χ1v) is 8.13. The number of nitrogens with two attached hydrogens (primary N) is 1. The average Bonchev–Trinajstić information content (AvgIpc) is 2.47. The molecule has 0 saturated heterocycles. The zero-order valence-corrected chi connectivity index (χ0v) is 13.4. The molecule has 0 aromatic heterocycles. The average molecular weight is 291 g/mol. The van der Waals surface area contributed by atoms with Crippen LogP contribution < -0.4 is 10.5 Å². The molecule has 0 radical (unpaired) electrons. The van der Waals surface area contributed by atoms with Crippen LogP contribution in [0.4, 0.5) is 0 Å². The molecule has 118 valence electrons. The van der Waals surface area contributed by atoms with Gasteiger partial charge in [-0.3, -0.25) is 0 Å². The van der Waals surface area contributed by atoms with Crippen LogP contribution in [0.2, 0.25) is 0 Å². The van der Waals surface area contributed by atoms with Gasteiger partial charge in [-0.15, -0.1) is 0 Å². The number of aliphatic hydroxyl groups is 1. The third-order valence-corrected chi connectivity index (χ3v) is 5.39. The second kappa shape index (κ2) is 6.80. The topological polar surface area (TPSA) is 55.5 Å². The predicted octanol–water partition coefficient (Wildman–Crippen LogP) is 3.59. The quantitative estimate of drug-likeness (QED) is 0.891. The van der Waals surface area contributed by atoms with Crippen LogP contribution in [0.15, 0.2) is 24.3 Å². The van der Waals surface area contributed by atoms with Gasteiger partial charge in [0.2, 0.25) is 0 Å². The van der Waals surface area contributed by atoms with Crippen LogP contribution in [0.3, 0.4) is 0 Å². The number of benzene rings is 1. The number of hydrogen-bond acceptors (Lipinski definition) is 3. The van der Waals surface area contributed by atoms with Gasteiger partial charge >= 0.3 is 0 Å². The lowest BCUT2D eigenvalue weighted by atomic mass is 9.63. The van der Waals surface area contributed by atoms with Crippen LogP contribution in [-0.2, 0) is 5.60 Å². The van der Waals surface area contributed by atoms with Crippen LogP contribution >= 0.6 is 0 Å². The third kappa shape index (κ3) is 3.24. The summed E-state index contributed by atoms with van der Waals surface area (Å²) in [5.41, 5.74) is 5.98. The fourth-order valence-electron chi connectivity index (χ4n) is 3.69. The lowest BCUT2D eigenvalue weighted by molar-refractivity contribution is -0.0864. The second-order valence-corrected chi connectivity index (χ2v) is 6.55. The first kappa shape index (κ1) is 16.3. The summed E-state index contributed by atoms with van der Waals surface area (Å²) in [6.07, 6.45) is 8.13. The van der Waals surface area contributed by atoms with Gasteiger partial charge in [0.25, 0.3) is 0 Å². The summed E-state index contributed by atoms with van der Waals surface area (Å²) >= 11 is 0. The van der Waals surface area contributed by atoms with Gasteiger partial charge in [0.1, 0.15) is 5.75 Å². The Kier molecular flexibility index (Phi) is 5.28. The first-order chi connectivity index (χ1) is 10.1. The maximum Gasteiger partial charge on any atom is 0.118 e. The molecular weight excluding hydrogens is 262 g/mol. The molecule has 2 rings (SSSR count). The van der Waals surface area contributed by atoms with Crippen molar-refractivity contribution in [3.63, 3.8) is 0 Å². The summed E-state index contributed by atoms with van der Waals surface area (Å²) < 4.78 is 5.21. The smallest absolute Gasteiger partial charge is 0.118 e. The van der Waals surface area contributed by atoms with E-state index in [1.165, 1.54) is 19.3 Å². The van der Waals surface area contributed by atoms with Gasteiger partial charge in [-0.1, -0.05) is 44.2 Å². The second-order valence-electron chi connectivity index (χ2n) is 6.55. The van der Waals surface area contributed by atoms with Crippen LogP contribution in [0.1, 0.15) is 57.4 Å². The Bertz CT molecular complexity index is 431. The highest BCUT2D eigenvalue weighted by atomic mass is 16.5. The molecule has 0 amide bonds. The number of methoxy groups -OCH3 is 1. The van der Waals surface area contributed by atoms with Crippen LogP contribution in [-0.4, -0.2) is 18.8 Å². The van der Waals surface area contributed by atoms with E-state index in [4.69, 9.17) is 10.5 Å². The van der Waals surface area contributed by atoms with Gasteiger partial charge in [-0.2, -0.15) is 0 Å². The van der Waals surface area contributed by atoms with E-state index in [0.717, 1.165) is 37.0 Å². The number of rotatable bonds is 4. The highest BCUT2D eigenvalue weighted by Gasteiger charge is 2.46. The Morgan fingerprint density at radius 1 is 1.10 bits per heavy atom. The lowest BCUT2D eigenvalue weighted by Crippen LogP contribution is -2.49. The van der Waals surface area contributed by atoms with E-state index in [2.05, 4.69) is 0 Å². The maximum atomic E-state index is 11.3. The molecule has 3 nitrogen and oxygen atoms in total. The molecule has 1 atom stereocenters. The number of hydrogen-bond donors (Lipinski definition) is 2. The Hall–Kier alpha value is -1.06. The number of ether oxygens (including phenoxy) is 1. The minimum atomic E-state index is -0.897. The summed E-state index contributed by atoms with van der Waals surface area (Å²) in [7, 11) is 1.66. The normalized spacial score (nSPS) is 21.9. The van der Waals surface area contributed by atoms with Crippen molar-refractivity contribution in [3.8, 4) is 5.75 Å². The zero-order chi connectivity index (χ0) is 15.3. The van der Waals surface area contributed by atoms with E-state index in [0.29, 0.717) is 6.54 Å². The molecule has 1 aromatic carbocycles. The monoisotopic (exact) mass is 291 g/mol. The van der Waals surface area contributed by atoms with E-state index in [-0.39, 0.29) is 5.41 Å². The van der Waals surface area contributed by atoms with E-state index in [1.807, 2.05) is 31.2 Å². The minimum absolute atomic E-state index is 0.220. The maximum absolute atomic E-state index is 11.3. The van der Waals surface area contributed by atoms with E-state index < -0.39 is 5.60 Å². The van der Waals surface area contributed by atoms with Gasteiger partial charge in [-0.05, 0) is 37.5 Å². The first-order valence-electron chi connectivity index (χ1n) is 8.13. The van der Waals surface area contributed by atoms with Crippen molar-refractivity contribution in [1.82, 2.24) is 0 Å². The van der Waals surface area contributed by atoms with Crippen LogP contribution in [0.5, 0.6) is 5.75 Å². The molecule has 3 N–H and O–H groups in total. The van der Waals surface area contributed by atoms with Crippen LogP contribution in [0, 0.1) is 5.41 Å². The van der Waals surface area contributed by atoms with Gasteiger partial charge in [-0.25, -0.2) is 0 Å². The molecule has 1 aliphatic carbocycles. The molecule has 1 aliphatic rings. The summed E-state index contributed by atoms with van der Waals surface area (Å²) in [4.78, 5) is 0. The Balaban J connectivity index is 2.31. The summed E-state index contributed by atoms with van der Waals surface area (Å²) in [6, 6.07) is 7.76. The Morgan fingerprint density at radius 2 is 1.62 bits per heavy atom. The van der Waals surface area contributed by atoms with Crippen molar-refractivity contribution in [2.24, 2.45) is 11.1 Å². The molecule has 21 heavy (non-hydrogen) atoms. The standard InChI is InChI=1S/C18H29NO2/c1-17(20,15-8-10-16(21-2)11-9-15)18(14-19)12-6-4-3-5-7-13-18/h8-11,20H,3-7,12-14,19H2,1-2H3. The predicted molar refractivity (Wildman–Crippen MR) is 86.4 cm³/mol. The summed E-state index contributed by atoms with van der Waals surface area (Å²) in [5, 5.41) is 11.3. The summed E-state index contributed by atoms with van der Waals surface area (Å²) in [5.74, 6) is 0.814. The fraction of sp³-hybridized carbons (Fsp3) is 0.667. The highest BCUT2D eigenvalue weighted by Crippen LogP contribution is 2.48. The lowest BCUT2D eigenvalue weighted by Gasteiger charge is -2.46. The molecule has 0 aliphatic heterocycles. The van der Waals surface area contributed by atoms with Crippen molar-refractivity contribution >= 4 is 0 Å². The Morgan fingerprint density at radius 3 is 2.10 bits per heavy atom. The molecule has 3 heteroatoms. The van der Waals surface area contributed by atoms with Gasteiger partial charge in [0.15, 0.2) is 0 Å². The molecule has 1 aromatic rings. The molecule has 0 spiro atoms. The Labute approximate surface area is 128 Å². The van der Waals surface area contributed by atoms with Gasteiger partial charge < -0.3 is 15.6 Å². The summed E-state index contributed by atoms with van der Waals surface area (Å²) in [6.45, 7) is 2.47. The van der Waals surface area contributed by atoms with Crippen molar-refractivity contribution in [1.29, 1.82) is 0 Å². The third-order valence-electron chi connectivity index (χ3n) is 5.39. The van der Waals surface area contributed by atoms with Crippen molar-refractivity contribution in [2.75, 3.05) is 13.7 Å². The van der Waals surface area contributed by atoms with E-state index in [9.17, 15) is 5.11 Å². The molecule has 1 fully saturated rings. The molecular formula is C18H29NO2. The van der Waals surface area contributed by atoms with Crippen molar-refractivity contribution in [3.05, 3.63) is 29.8 Å². The molecule has 1 saturated carbocycles. The largest absolute Gasteiger partial charge is 0.497 e. The molecule has 1 unspecified atom stereocenters. The van der Waals surface area contributed by atoms with Crippen molar-refractivity contribution < 1.29 is 9.84 Å². The SMILES string of the molecule is COc1ccc(C(C)(O)C2(CN)CCCCCCC2)cc1. The van der Waals surface area contributed by atoms with Crippen LogP contribution in [0.25, 0.3) is 0 Å². The zero-order valence-electron chi connectivity index (χ0n) is 13.4. The highest BCUT2D eigenvalue weighted by molar-refractivity contribution is 5.32. The van der Waals surface area contributed by atoms with Gasteiger partial charge in [0, 0.05) is 12.0 Å². The molecule has 0 bridgehead atoms. The van der Waals surface area contributed by atoms with Gasteiger partial charge in [0.05, 0.1) is 12.7 Å². The fourth-order valence-corrected chi connectivity index (χ4v) is 3.69. The molecule has 0 heterocycles. The van der Waals surface area contributed by atoms with E-state index in [1.54, 1.807) is 7.11 Å². The minimum Gasteiger partial charge on any atom is -0.497 e.